The average Bonchev–Trinajstić information content (AvgIpc) is 3.59. The Labute approximate surface area is 280 Å². The quantitative estimate of drug-likeness (QED) is 0.0989. The molecule has 49 heavy (non-hydrogen) atoms. The van der Waals surface area contributed by atoms with Crippen molar-refractivity contribution in [2.45, 2.75) is 59.6 Å². The fourth-order valence-electron chi connectivity index (χ4n) is 5.59. The fourth-order valence-corrected chi connectivity index (χ4v) is 5.59. The molecule has 2 aromatic heterocycles. The van der Waals surface area contributed by atoms with Gasteiger partial charge in [-0.3, -0.25) is 9.69 Å². The molecule has 0 fully saturated rings. The summed E-state index contributed by atoms with van der Waals surface area (Å²) in [7, 11) is 0. The first-order valence-electron chi connectivity index (χ1n) is 15.5. The van der Waals surface area contributed by atoms with Gasteiger partial charge in [-0.2, -0.15) is 0 Å². The van der Waals surface area contributed by atoms with E-state index in [1.54, 1.807) is 36.1 Å². The molecule has 0 bridgehead atoms. The molecule has 0 aliphatic carbocycles. The highest BCUT2D eigenvalue weighted by Gasteiger charge is 2.28. The van der Waals surface area contributed by atoms with Crippen LogP contribution in [0.4, 0.5) is 10.6 Å². The summed E-state index contributed by atoms with van der Waals surface area (Å²) >= 11 is 0. The van der Waals surface area contributed by atoms with Crippen molar-refractivity contribution in [2.75, 3.05) is 4.90 Å². The number of tetrazole rings is 1. The lowest BCUT2D eigenvalue weighted by Crippen LogP contribution is -2.36. The number of aromatic nitrogens is 6. The SMILES string of the molecule is Cc1nc(C)c2c(n1)N(Cc1ccc(-c3ccccc3-c3nnn(C(C)OC(=O)OCc4ccccc4CO[N+](=O)[O-])n3)cc1)C(=O)CC2. The lowest BCUT2D eigenvalue weighted by molar-refractivity contribution is -0.763. The largest absolute Gasteiger partial charge is 0.510 e. The monoisotopic (exact) mass is 664 g/mol. The molecule has 15 heteroatoms. The number of anilines is 1. The number of rotatable bonds is 11. The van der Waals surface area contributed by atoms with Crippen LogP contribution in [0.2, 0.25) is 0 Å². The van der Waals surface area contributed by atoms with E-state index in [1.807, 2.05) is 62.4 Å². The van der Waals surface area contributed by atoms with Crippen LogP contribution in [0.25, 0.3) is 22.5 Å². The Hall–Kier alpha value is -6.25. The topological polar surface area (TPSA) is 178 Å². The molecule has 0 N–H and O–H groups in total. The van der Waals surface area contributed by atoms with E-state index in [0.29, 0.717) is 53.5 Å². The predicted molar refractivity (Wildman–Crippen MR) is 174 cm³/mol. The summed E-state index contributed by atoms with van der Waals surface area (Å²) in [6.45, 7) is 5.28. The van der Waals surface area contributed by atoms with Crippen molar-refractivity contribution in [3.8, 4) is 22.5 Å². The van der Waals surface area contributed by atoms with E-state index >= 15 is 0 Å². The number of benzene rings is 3. The second kappa shape index (κ2) is 14.3. The number of amides is 1. The maximum Gasteiger partial charge on any atom is 0.510 e. The predicted octanol–water partition coefficient (Wildman–Crippen LogP) is 5.47. The van der Waals surface area contributed by atoms with Crippen molar-refractivity contribution in [1.82, 2.24) is 30.2 Å². The number of carbonyl (C=O) groups is 2. The Bertz CT molecular complexity index is 2010. The third kappa shape index (κ3) is 7.51. The van der Waals surface area contributed by atoms with E-state index in [-0.39, 0.29) is 19.1 Å². The number of hydrogen-bond donors (Lipinski definition) is 0. The molecular formula is C34H32N8O7. The zero-order chi connectivity index (χ0) is 34.5. The Kier molecular flexibility index (Phi) is 9.50. The van der Waals surface area contributed by atoms with Crippen LogP contribution in [0.15, 0.2) is 72.8 Å². The van der Waals surface area contributed by atoms with Gasteiger partial charge in [0.25, 0.3) is 5.09 Å². The zero-order valence-electron chi connectivity index (χ0n) is 27.0. The first-order chi connectivity index (χ1) is 23.7. The van der Waals surface area contributed by atoms with E-state index in [0.717, 1.165) is 32.7 Å². The Morgan fingerprint density at radius 3 is 2.37 bits per heavy atom. The van der Waals surface area contributed by atoms with Crippen LogP contribution in [-0.4, -0.2) is 47.3 Å². The van der Waals surface area contributed by atoms with Crippen LogP contribution in [0.1, 0.15) is 53.3 Å². The van der Waals surface area contributed by atoms with Gasteiger partial charge < -0.3 is 14.3 Å². The third-order valence-corrected chi connectivity index (χ3v) is 8.03. The molecule has 250 valence electrons. The molecule has 1 aliphatic heterocycles. The summed E-state index contributed by atoms with van der Waals surface area (Å²) in [5, 5.41) is 22.4. The van der Waals surface area contributed by atoms with Crippen molar-refractivity contribution in [1.29, 1.82) is 0 Å². The molecule has 1 unspecified atom stereocenters. The lowest BCUT2D eigenvalue weighted by Gasteiger charge is -2.29. The Morgan fingerprint density at radius 1 is 0.939 bits per heavy atom. The number of hydrogen-bond acceptors (Lipinski definition) is 12. The van der Waals surface area contributed by atoms with Gasteiger partial charge in [-0.15, -0.1) is 25.1 Å². The van der Waals surface area contributed by atoms with Gasteiger partial charge in [0.1, 0.15) is 24.9 Å². The highest BCUT2D eigenvalue weighted by molar-refractivity contribution is 5.95. The molecule has 0 saturated heterocycles. The normalized spacial score (nSPS) is 13.0. The second-order valence-corrected chi connectivity index (χ2v) is 11.3. The maximum absolute atomic E-state index is 12.9. The van der Waals surface area contributed by atoms with Crippen molar-refractivity contribution >= 4 is 17.9 Å². The molecule has 3 aromatic carbocycles. The highest BCUT2D eigenvalue weighted by Crippen LogP contribution is 2.32. The third-order valence-electron chi connectivity index (χ3n) is 8.03. The van der Waals surface area contributed by atoms with Gasteiger partial charge in [0.2, 0.25) is 18.0 Å². The lowest BCUT2D eigenvalue weighted by atomic mass is 9.98. The smallest absolute Gasteiger partial charge is 0.429 e. The van der Waals surface area contributed by atoms with E-state index in [2.05, 4.69) is 30.2 Å². The van der Waals surface area contributed by atoms with Crippen LogP contribution in [0.3, 0.4) is 0 Å². The van der Waals surface area contributed by atoms with E-state index < -0.39 is 17.5 Å². The van der Waals surface area contributed by atoms with Crippen LogP contribution < -0.4 is 4.90 Å². The second-order valence-electron chi connectivity index (χ2n) is 11.3. The molecule has 6 rings (SSSR count). The van der Waals surface area contributed by atoms with Crippen LogP contribution in [-0.2, 0) is 45.3 Å². The van der Waals surface area contributed by atoms with Gasteiger partial charge in [-0.25, -0.2) is 14.8 Å². The fraction of sp³-hybridized carbons (Fsp3) is 0.265. The molecule has 1 atom stereocenters. The molecule has 5 aromatic rings. The summed E-state index contributed by atoms with van der Waals surface area (Å²) in [4.78, 5) is 52.3. The number of aryl methyl sites for hydroxylation is 2. The summed E-state index contributed by atoms with van der Waals surface area (Å²) in [6.07, 6.45) is -0.874. The van der Waals surface area contributed by atoms with Gasteiger partial charge in [0, 0.05) is 23.2 Å². The summed E-state index contributed by atoms with van der Waals surface area (Å²) in [5.41, 5.74) is 6.38. The van der Waals surface area contributed by atoms with Gasteiger partial charge in [-0.1, -0.05) is 72.8 Å². The van der Waals surface area contributed by atoms with Gasteiger partial charge >= 0.3 is 6.16 Å². The molecule has 3 heterocycles. The first-order valence-corrected chi connectivity index (χ1v) is 15.5. The summed E-state index contributed by atoms with van der Waals surface area (Å²) in [5.74, 6) is 1.67. The maximum atomic E-state index is 12.9. The molecule has 0 saturated carbocycles. The minimum Gasteiger partial charge on any atom is -0.429 e. The van der Waals surface area contributed by atoms with Crippen molar-refractivity contribution in [3.63, 3.8) is 0 Å². The van der Waals surface area contributed by atoms with Crippen LogP contribution >= 0.6 is 0 Å². The Morgan fingerprint density at radius 2 is 1.63 bits per heavy atom. The van der Waals surface area contributed by atoms with Crippen molar-refractivity contribution < 1.29 is 29.0 Å². The highest BCUT2D eigenvalue weighted by atomic mass is 16.9. The molecular weight excluding hydrogens is 632 g/mol. The van der Waals surface area contributed by atoms with Crippen molar-refractivity contribution in [3.05, 3.63) is 117 Å². The van der Waals surface area contributed by atoms with Crippen LogP contribution in [0, 0.1) is 24.0 Å². The van der Waals surface area contributed by atoms with E-state index in [9.17, 15) is 19.7 Å². The zero-order valence-corrected chi connectivity index (χ0v) is 27.0. The minimum absolute atomic E-state index is 0.0330. The first kappa shape index (κ1) is 32.7. The summed E-state index contributed by atoms with van der Waals surface area (Å²) in [6, 6.07) is 22.2. The number of ether oxygens (including phenoxy) is 2. The van der Waals surface area contributed by atoms with E-state index in [1.165, 1.54) is 0 Å². The summed E-state index contributed by atoms with van der Waals surface area (Å²) < 4.78 is 10.6. The molecule has 1 amide bonds. The van der Waals surface area contributed by atoms with Crippen molar-refractivity contribution in [2.24, 2.45) is 0 Å². The van der Waals surface area contributed by atoms with E-state index in [4.69, 9.17) is 9.47 Å². The number of nitrogens with zero attached hydrogens (tertiary/aromatic N) is 8. The molecule has 0 radical (unpaired) electrons. The molecule has 0 spiro atoms. The van der Waals surface area contributed by atoms with Gasteiger partial charge in [-0.05, 0) is 60.2 Å². The Balaban J connectivity index is 1.12. The van der Waals surface area contributed by atoms with Gasteiger partial charge in [0.15, 0.2) is 0 Å². The average molecular weight is 665 g/mol. The van der Waals surface area contributed by atoms with Crippen LogP contribution in [0.5, 0.6) is 0 Å². The van der Waals surface area contributed by atoms with Gasteiger partial charge in [0.05, 0.1) is 6.54 Å². The molecule has 1 aliphatic rings. The number of carbonyl (C=O) groups excluding carboxylic acids is 2. The molecule has 15 nitrogen and oxygen atoms in total. The standard InChI is InChI=1S/C34H32N8O7/c1-21-28-16-17-31(43)40(33(28)36-22(2)35-21)18-24-12-14-25(15-13-24)29-10-6-7-11-30(29)32-37-39-41(38-32)23(3)49-34(44)47-19-26-8-4-5-9-27(26)20-48-42(45)46/h4-15,23H,16-20H2,1-3H3. The number of fused-ring (bicyclic) bond motifs is 1. The minimum atomic E-state index is -0.982.